The predicted molar refractivity (Wildman–Crippen MR) is 357 cm³/mol. The molecule has 14 heteroatoms. The molecule has 0 N–H and O–H groups in total. The van der Waals surface area contributed by atoms with Crippen LogP contribution in [0.1, 0.15) is 322 Å². The van der Waals surface area contributed by atoms with E-state index < -0.39 is 35.8 Å². The van der Waals surface area contributed by atoms with Crippen molar-refractivity contribution in [3.63, 3.8) is 0 Å². The molecule has 0 aromatic heterocycles. The molecular formula is C75H114Al2O12. The summed E-state index contributed by atoms with van der Waals surface area (Å²) in [7, 11) is 0. The minimum Gasteiger partial charge on any atom is -0.550 e. The average Bonchev–Trinajstić information content (AvgIpc) is 3.51. The maximum Gasteiger partial charge on any atom is 3.00 e. The quantitative estimate of drug-likeness (QED) is 0.0291. The van der Waals surface area contributed by atoms with Crippen molar-refractivity contribution in [1.82, 2.24) is 0 Å². The summed E-state index contributed by atoms with van der Waals surface area (Å²) in [6.07, 6.45) is 62.7. The van der Waals surface area contributed by atoms with Crippen LogP contribution < -0.4 is 30.6 Å². The van der Waals surface area contributed by atoms with Crippen molar-refractivity contribution in [3.8, 4) is 0 Å². The maximum absolute atomic E-state index is 10.2. The standard InChI is InChI=1S/3C18H34O2.3C7H6O2.2Al/c3*1-2-3-4-5-6-7-8-9-10-11-12-13-14-15-16-17-18(19)20;3*8-7(9)6-4-2-1-3-5-6;;/h3*9-10H,2-8,11-17H2,1H3,(H,19,20);3*1-5H,(H,8,9);;/q;;;;;;2*+3/p-6/b3*10-9-;;;;;. The van der Waals surface area contributed by atoms with Crippen LogP contribution in [0.3, 0.4) is 0 Å². The van der Waals surface area contributed by atoms with Crippen LogP contribution in [0.4, 0.5) is 0 Å². The van der Waals surface area contributed by atoms with E-state index in [0.29, 0.717) is 0 Å². The molecule has 0 heterocycles. The summed E-state index contributed by atoms with van der Waals surface area (Å²) in [5.74, 6) is -6.13. The number of hydrogen-bond donors (Lipinski definition) is 0. The minimum atomic E-state index is -1.13. The zero-order chi connectivity index (χ0) is 64.7. The van der Waals surface area contributed by atoms with E-state index >= 15 is 0 Å². The SMILES string of the molecule is CCCCCCCC/C=C\CCCCCCCC(=O)[O-].CCCCCCCC/C=C\CCCCCCCC(=O)[O-].CCCCCCCC/C=C\CCCCCCCC(=O)[O-].O=C([O-])c1ccccc1.O=C([O-])c1ccccc1.O=C([O-])c1ccccc1.[Al+3].[Al+3]. The Morgan fingerprint density at radius 2 is 0.404 bits per heavy atom. The molecule has 0 unspecified atom stereocenters. The van der Waals surface area contributed by atoms with Gasteiger partial charge >= 0.3 is 34.7 Å². The van der Waals surface area contributed by atoms with Gasteiger partial charge in [0.1, 0.15) is 0 Å². The second kappa shape index (κ2) is 77.0. The van der Waals surface area contributed by atoms with E-state index in [9.17, 15) is 59.4 Å². The van der Waals surface area contributed by atoms with E-state index in [-0.39, 0.29) is 70.7 Å². The van der Waals surface area contributed by atoms with E-state index in [1.807, 2.05) is 0 Å². The first-order valence-electron chi connectivity index (χ1n) is 33.6. The maximum atomic E-state index is 10.2. The van der Waals surface area contributed by atoms with Gasteiger partial charge in [-0.25, -0.2) is 0 Å². The molecule has 3 aromatic rings. The van der Waals surface area contributed by atoms with Crippen LogP contribution >= 0.6 is 0 Å². The number of carbonyl (C=O) groups excluding carboxylic acids is 6. The van der Waals surface area contributed by atoms with Crippen molar-refractivity contribution >= 4 is 70.5 Å². The molecule has 0 saturated heterocycles. The number of aliphatic carboxylic acids is 3. The first-order chi connectivity index (χ1) is 42.2. The number of allylic oxidation sites excluding steroid dienone is 6. The fourth-order valence-corrected chi connectivity index (χ4v) is 8.74. The Kier molecular flexibility index (Phi) is 80.0. The van der Waals surface area contributed by atoms with E-state index in [1.54, 1.807) is 54.6 Å². The molecule has 0 saturated carbocycles. The third-order valence-corrected chi connectivity index (χ3v) is 14.0. The molecule has 12 nitrogen and oxygen atoms in total. The number of aromatic carboxylic acids is 3. The third kappa shape index (κ3) is 80.8. The Balaban J connectivity index is -0.000000326. The fourth-order valence-electron chi connectivity index (χ4n) is 8.74. The van der Waals surface area contributed by atoms with E-state index in [0.717, 1.165) is 57.8 Å². The van der Waals surface area contributed by atoms with Crippen LogP contribution in [0, 0.1) is 0 Å². The first kappa shape index (κ1) is 92.5. The summed E-state index contributed by atoms with van der Waals surface area (Å²) < 4.78 is 0. The third-order valence-electron chi connectivity index (χ3n) is 14.0. The van der Waals surface area contributed by atoms with Gasteiger partial charge in [0.2, 0.25) is 0 Å². The van der Waals surface area contributed by atoms with E-state index in [1.165, 1.54) is 229 Å². The van der Waals surface area contributed by atoms with Crippen LogP contribution in [0.15, 0.2) is 127 Å². The molecule has 0 aliphatic carbocycles. The molecule has 0 spiro atoms. The second-order valence-corrected chi connectivity index (χ2v) is 22.1. The van der Waals surface area contributed by atoms with Gasteiger partial charge in [-0.05, 0) is 132 Å². The monoisotopic (exact) mass is 1260 g/mol. The van der Waals surface area contributed by atoms with Crippen molar-refractivity contribution in [2.24, 2.45) is 0 Å². The zero-order valence-electron chi connectivity index (χ0n) is 55.4. The average molecular weight is 1260 g/mol. The number of carboxylic acids is 6. The Morgan fingerprint density at radius 1 is 0.247 bits per heavy atom. The van der Waals surface area contributed by atoms with Gasteiger partial charge in [-0.2, -0.15) is 0 Å². The predicted octanol–water partition coefficient (Wildman–Crippen LogP) is 13.7. The van der Waals surface area contributed by atoms with Crippen molar-refractivity contribution in [2.75, 3.05) is 0 Å². The fraction of sp³-hybridized carbons (Fsp3) is 0.600. The largest absolute Gasteiger partial charge is 3.00 e. The van der Waals surface area contributed by atoms with Gasteiger partial charge < -0.3 is 59.4 Å². The Morgan fingerprint density at radius 3 is 0.551 bits per heavy atom. The van der Waals surface area contributed by atoms with Crippen molar-refractivity contribution in [3.05, 3.63) is 144 Å². The molecule has 492 valence electrons. The van der Waals surface area contributed by atoms with Gasteiger partial charge in [-0.3, -0.25) is 0 Å². The van der Waals surface area contributed by atoms with Crippen LogP contribution in [-0.2, 0) is 14.4 Å². The van der Waals surface area contributed by atoms with Crippen molar-refractivity contribution in [1.29, 1.82) is 0 Å². The van der Waals surface area contributed by atoms with Crippen LogP contribution in [0.5, 0.6) is 0 Å². The van der Waals surface area contributed by atoms with Gasteiger partial charge in [0, 0.05) is 17.9 Å². The molecular weight excluding hydrogens is 1150 g/mol. The summed E-state index contributed by atoms with van der Waals surface area (Å²) in [5.41, 5.74) is 0.660. The summed E-state index contributed by atoms with van der Waals surface area (Å²) in [6.45, 7) is 6.77. The van der Waals surface area contributed by atoms with Gasteiger partial charge in [0.15, 0.2) is 0 Å². The number of benzene rings is 3. The van der Waals surface area contributed by atoms with Gasteiger partial charge in [-0.15, -0.1) is 0 Å². The molecule has 0 aliphatic heterocycles. The Bertz CT molecular complexity index is 1860. The Hall–Kier alpha value is -5.24. The number of rotatable bonds is 48. The smallest absolute Gasteiger partial charge is 0.550 e. The van der Waals surface area contributed by atoms with Gasteiger partial charge in [0.25, 0.3) is 0 Å². The van der Waals surface area contributed by atoms with E-state index in [4.69, 9.17) is 0 Å². The summed E-state index contributed by atoms with van der Waals surface area (Å²) in [6, 6.07) is 24.2. The normalized spacial score (nSPS) is 10.3. The topological polar surface area (TPSA) is 241 Å². The molecule has 0 bridgehead atoms. The number of carbonyl (C=O) groups is 6. The van der Waals surface area contributed by atoms with Crippen LogP contribution in [0.25, 0.3) is 0 Å². The molecule has 3 rings (SSSR count). The molecule has 0 aliphatic rings. The Labute approximate surface area is 561 Å². The van der Waals surface area contributed by atoms with Crippen LogP contribution in [-0.4, -0.2) is 70.5 Å². The summed E-state index contributed by atoms with van der Waals surface area (Å²) in [5, 5.41) is 60.9. The summed E-state index contributed by atoms with van der Waals surface area (Å²) in [4.78, 5) is 60.9. The molecule has 0 amide bonds. The van der Waals surface area contributed by atoms with Crippen molar-refractivity contribution in [2.45, 2.75) is 290 Å². The number of hydrogen-bond acceptors (Lipinski definition) is 12. The van der Waals surface area contributed by atoms with Crippen molar-refractivity contribution < 1.29 is 59.4 Å². The molecule has 0 atom stereocenters. The molecule has 89 heavy (non-hydrogen) atoms. The molecule has 3 aromatic carbocycles. The number of unbranched alkanes of at least 4 members (excludes halogenated alkanes) is 33. The summed E-state index contributed by atoms with van der Waals surface area (Å²) >= 11 is 0. The molecule has 0 radical (unpaired) electrons. The first-order valence-corrected chi connectivity index (χ1v) is 33.6. The second-order valence-electron chi connectivity index (χ2n) is 22.1. The molecule has 0 fully saturated rings. The van der Waals surface area contributed by atoms with Gasteiger partial charge in [0.05, 0.1) is 17.9 Å². The van der Waals surface area contributed by atoms with Crippen LogP contribution in [0.2, 0.25) is 0 Å². The minimum absolute atomic E-state index is 0. The zero-order valence-corrected chi connectivity index (χ0v) is 57.7. The number of carboxylic acid groups (broad SMARTS) is 6. The van der Waals surface area contributed by atoms with Gasteiger partial charge in [-0.1, -0.05) is 302 Å². The van der Waals surface area contributed by atoms with E-state index in [2.05, 4.69) is 57.2 Å².